The van der Waals surface area contributed by atoms with Gasteiger partial charge < -0.3 is 10.4 Å². The lowest BCUT2D eigenvalue weighted by Gasteiger charge is -2.27. The summed E-state index contributed by atoms with van der Waals surface area (Å²) in [6, 6.07) is 9.90. The summed E-state index contributed by atoms with van der Waals surface area (Å²) < 4.78 is 12.8. The molecule has 0 radical (unpaired) electrons. The van der Waals surface area contributed by atoms with Crippen LogP contribution in [0.25, 0.3) is 0 Å². The van der Waals surface area contributed by atoms with Crippen LogP contribution in [0.15, 0.2) is 46.7 Å². The average Bonchev–Trinajstić information content (AvgIpc) is 3.27. The summed E-state index contributed by atoms with van der Waals surface area (Å²) in [5.41, 5.74) is -0.954. The van der Waals surface area contributed by atoms with Gasteiger partial charge >= 0.3 is 0 Å². The minimum atomic E-state index is -0.954. The van der Waals surface area contributed by atoms with Crippen molar-refractivity contribution >= 4 is 29.0 Å². The van der Waals surface area contributed by atoms with E-state index in [1.807, 2.05) is 17.5 Å². The molecule has 1 unspecified atom stereocenters. The second-order valence-corrected chi connectivity index (χ2v) is 7.69. The molecule has 0 saturated heterocycles. The Kier molecular flexibility index (Phi) is 5.04. The first-order valence-corrected chi connectivity index (χ1v) is 9.36. The normalized spacial score (nSPS) is 16.8. The SMILES string of the molecule is O=C(CSc1ccc(F)cc1)NCC(O)(c1cccs1)C1CC1. The van der Waals surface area contributed by atoms with Crippen molar-refractivity contribution < 1.29 is 14.3 Å². The van der Waals surface area contributed by atoms with Crippen LogP contribution in [-0.2, 0) is 10.4 Å². The maximum absolute atomic E-state index is 12.8. The molecule has 1 aliphatic carbocycles. The zero-order valence-electron chi connectivity index (χ0n) is 12.5. The number of amides is 1. The summed E-state index contributed by atoms with van der Waals surface area (Å²) in [5, 5.41) is 15.7. The number of rotatable bonds is 7. The van der Waals surface area contributed by atoms with Crippen LogP contribution in [0.4, 0.5) is 4.39 Å². The van der Waals surface area contributed by atoms with Gasteiger partial charge in [-0.05, 0) is 54.5 Å². The molecule has 1 aliphatic rings. The van der Waals surface area contributed by atoms with Crippen molar-refractivity contribution in [3.8, 4) is 0 Å². The van der Waals surface area contributed by atoms with Crippen molar-refractivity contribution in [3.05, 3.63) is 52.5 Å². The van der Waals surface area contributed by atoms with E-state index in [1.54, 1.807) is 12.1 Å². The van der Waals surface area contributed by atoms with Crippen LogP contribution in [0.3, 0.4) is 0 Å². The van der Waals surface area contributed by atoms with E-state index in [0.717, 1.165) is 22.6 Å². The first-order valence-electron chi connectivity index (χ1n) is 7.49. The van der Waals surface area contributed by atoms with E-state index < -0.39 is 5.60 Å². The van der Waals surface area contributed by atoms with Gasteiger partial charge in [0, 0.05) is 9.77 Å². The summed E-state index contributed by atoms with van der Waals surface area (Å²) in [5.74, 6) is 0.0574. The molecule has 6 heteroatoms. The van der Waals surface area contributed by atoms with Crippen molar-refractivity contribution in [3.63, 3.8) is 0 Å². The predicted molar refractivity (Wildman–Crippen MR) is 91.1 cm³/mol. The quantitative estimate of drug-likeness (QED) is 0.752. The molecule has 1 amide bonds. The molecule has 1 fully saturated rings. The van der Waals surface area contributed by atoms with Gasteiger partial charge in [0.15, 0.2) is 0 Å². The van der Waals surface area contributed by atoms with Gasteiger partial charge in [0.05, 0.1) is 12.3 Å². The molecule has 23 heavy (non-hydrogen) atoms. The zero-order chi connectivity index (χ0) is 16.3. The van der Waals surface area contributed by atoms with Gasteiger partial charge in [0.1, 0.15) is 11.4 Å². The molecule has 1 aromatic carbocycles. The minimum Gasteiger partial charge on any atom is -0.382 e. The molecule has 3 nitrogen and oxygen atoms in total. The lowest BCUT2D eigenvalue weighted by molar-refractivity contribution is -0.120. The average molecular weight is 351 g/mol. The van der Waals surface area contributed by atoms with Crippen LogP contribution >= 0.6 is 23.1 Å². The number of carbonyl (C=O) groups is 1. The van der Waals surface area contributed by atoms with Gasteiger partial charge in [0.2, 0.25) is 5.91 Å². The van der Waals surface area contributed by atoms with E-state index in [0.29, 0.717) is 0 Å². The highest BCUT2D eigenvalue weighted by molar-refractivity contribution is 8.00. The Morgan fingerprint density at radius 1 is 1.35 bits per heavy atom. The summed E-state index contributed by atoms with van der Waals surface area (Å²) in [7, 11) is 0. The van der Waals surface area contributed by atoms with Crippen LogP contribution < -0.4 is 5.32 Å². The monoisotopic (exact) mass is 351 g/mol. The molecule has 1 heterocycles. The Hall–Kier alpha value is -1.37. The van der Waals surface area contributed by atoms with E-state index >= 15 is 0 Å². The molecule has 1 saturated carbocycles. The first-order chi connectivity index (χ1) is 11.1. The van der Waals surface area contributed by atoms with Crippen LogP contribution in [0.1, 0.15) is 17.7 Å². The highest BCUT2D eigenvalue weighted by Gasteiger charge is 2.45. The van der Waals surface area contributed by atoms with Gasteiger partial charge in [0.25, 0.3) is 0 Å². The van der Waals surface area contributed by atoms with Gasteiger partial charge in [-0.3, -0.25) is 4.79 Å². The molecule has 1 atom stereocenters. The maximum atomic E-state index is 12.8. The standard InChI is InChI=1S/C17H18FNO2S2/c18-13-5-7-14(8-6-13)23-10-16(20)19-11-17(21,12-3-4-12)15-2-1-9-22-15/h1-2,5-9,12,21H,3-4,10-11H2,(H,19,20). The Morgan fingerprint density at radius 2 is 2.09 bits per heavy atom. The minimum absolute atomic E-state index is 0.130. The molecule has 0 spiro atoms. The Balaban J connectivity index is 1.52. The van der Waals surface area contributed by atoms with E-state index in [1.165, 1.54) is 35.2 Å². The molecule has 3 rings (SSSR count). The molecular formula is C17H18FNO2S2. The fraction of sp³-hybridized carbons (Fsp3) is 0.353. The second-order valence-electron chi connectivity index (χ2n) is 5.70. The van der Waals surface area contributed by atoms with Gasteiger partial charge in [-0.15, -0.1) is 23.1 Å². The first kappa shape index (κ1) is 16.5. The third kappa shape index (κ3) is 4.13. The fourth-order valence-electron chi connectivity index (χ4n) is 2.48. The predicted octanol–water partition coefficient (Wildman–Crippen LogP) is 3.39. The number of nitrogens with one attached hydrogen (secondary N) is 1. The van der Waals surface area contributed by atoms with Crippen LogP contribution in [0.2, 0.25) is 0 Å². The lowest BCUT2D eigenvalue weighted by Crippen LogP contribution is -2.42. The van der Waals surface area contributed by atoms with Crippen LogP contribution in [-0.4, -0.2) is 23.3 Å². The third-order valence-corrected chi connectivity index (χ3v) is 5.99. The number of thioether (sulfide) groups is 1. The number of halogens is 1. The Bertz CT molecular complexity index is 656. The number of benzene rings is 1. The van der Waals surface area contributed by atoms with Gasteiger partial charge in [-0.2, -0.15) is 0 Å². The summed E-state index contributed by atoms with van der Waals surface area (Å²) in [4.78, 5) is 13.8. The smallest absolute Gasteiger partial charge is 0.230 e. The van der Waals surface area contributed by atoms with E-state index in [2.05, 4.69) is 5.32 Å². The highest BCUT2D eigenvalue weighted by Crippen LogP contribution is 2.46. The largest absolute Gasteiger partial charge is 0.382 e. The highest BCUT2D eigenvalue weighted by atomic mass is 32.2. The summed E-state index contributed by atoms with van der Waals surface area (Å²) in [6.07, 6.45) is 1.99. The Morgan fingerprint density at radius 3 is 2.70 bits per heavy atom. The van der Waals surface area contributed by atoms with E-state index in [9.17, 15) is 14.3 Å². The van der Waals surface area contributed by atoms with E-state index in [-0.39, 0.29) is 29.9 Å². The molecule has 1 aromatic heterocycles. The molecule has 0 aliphatic heterocycles. The molecule has 122 valence electrons. The number of aliphatic hydroxyl groups is 1. The van der Waals surface area contributed by atoms with Gasteiger partial charge in [-0.1, -0.05) is 6.07 Å². The number of carbonyl (C=O) groups excluding carboxylic acids is 1. The fourth-order valence-corrected chi connectivity index (χ4v) is 4.11. The molecule has 2 N–H and O–H groups in total. The molecule has 2 aromatic rings. The summed E-state index contributed by atoms with van der Waals surface area (Å²) >= 11 is 2.87. The van der Waals surface area contributed by atoms with Crippen molar-refractivity contribution in [2.75, 3.05) is 12.3 Å². The third-order valence-electron chi connectivity index (χ3n) is 3.94. The Labute approximate surface area is 142 Å². The second kappa shape index (κ2) is 7.03. The maximum Gasteiger partial charge on any atom is 0.230 e. The summed E-state index contributed by atoms with van der Waals surface area (Å²) in [6.45, 7) is 0.237. The van der Waals surface area contributed by atoms with Gasteiger partial charge in [-0.25, -0.2) is 4.39 Å². The molecular weight excluding hydrogens is 333 g/mol. The van der Waals surface area contributed by atoms with E-state index in [4.69, 9.17) is 0 Å². The van der Waals surface area contributed by atoms with Crippen molar-refractivity contribution in [2.45, 2.75) is 23.3 Å². The lowest BCUT2D eigenvalue weighted by atomic mass is 9.95. The topological polar surface area (TPSA) is 49.3 Å². The van der Waals surface area contributed by atoms with Crippen molar-refractivity contribution in [1.29, 1.82) is 0 Å². The van der Waals surface area contributed by atoms with Crippen molar-refractivity contribution in [2.24, 2.45) is 5.92 Å². The van der Waals surface area contributed by atoms with Crippen molar-refractivity contribution in [1.82, 2.24) is 5.32 Å². The zero-order valence-corrected chi connectivity index (χ0v) is 14.1. The number of hydrogen-bond donors (Lipinski definition) is 2. The number of hydrogen-bond acceptors (Lipinski definition) is 4. The number of thiophene rings is 1. The van der Waals surface area contributed by atoms with Crippen LogP contribution in [0.5, 0.6) is 0 Å². The van der Waals surface area contributed by atoms with Crippen LogP contribution in [0, 0.1) is 11.7 Å². The molecule has 0 bridgehead atoms.